The van der Waals surface area contributed by atoms with Gasteiger partial charge in [-0.15, -0.1) is 24.0 Å². The zero-order valence-electron chi connectivity index (χ0n) is 15.3. The van der Waals surface area contributed by atoms with E-state index in [1.807, 2.05) is 18.2 Å². The molecule has 2 aliphatic heterocycles. The van der Waals surface area contributed by atoms with Gasteiger partial charge in [0.25, 0.3) is 0 Å². The molecule has 1 aromatic rings. The normalized spacial score (nSPS) is 21.9. The molecule has 3 rings (SSSR count). The molecular weight excluding hydrogens is 472 g/mol. The van der Waals surface area contributed by atoms with Crippen molar-refractivity contribution < 1.29 is 13.2 Å². The van der Waals surface area contributed by atoms with Crippen LogP contribution in [0.2, 0.25) is 0 Å². The third kappa shape index (κ3) is 6.37. The molecule has 2 fully saturated rings. The van der Waals surface area contributed by atoms with E-state index in [2.05, 4.69) is 25.1 Å². The van der Waals surface area contributed by atoms with Crippen LogP contribution >= 0.6 is 24.0 Å². The minimum Gasteiger partial charge on any atom is -0.353 e. The maximum absolute atomic E-state index is 12.5. The molecule has 152 valence electrons. The third-order valence-corrected chi connectivity index (χ3v) is 4.77. The van der Waals surface area contributed by atoms with E-state index in [0.29, 0.717) is 19.5 Å². The number of hydrogen-bond donors (Lipinski definition) is 1. The summed E-state index contributed by atoms with van der Waals surface area (Å²) in [5.74, 6) is 1.73. The number of pyridine rings is 1. The molecule has 0 amide bonds. The second-order valence-corrected chi connectivity index (χ2v) is 6.69. The van der Waals surface area contributed by atoms with Gasteiger partial charge < -0.3 is 15.1 Å². The third-order valence-electron chi connectivity index (χ3n) is 4.77. The molecule has 10 heteroatoms. The molecule has 3 heterocycles. The van der Waals surface area contributed by atoms with E-state index in [0.717, 1.165) is 38.0 Å². The second-order valence-electron chi connectivity index (χ2n) is 6.69. The first kappa shape index (κ1) is 22.0. The quantitative estimate of drug-likeness (QED) is 0.393. The van der Waals surface area contributed by atoms with Gasteiger partial charge >= 0.3 is 6.18 Å². The van der Waals surface area contributed by atoms with Crippen LogP contribution in [-0.2, 0) is 0 Å². The Morgan fingerprint density at radius 1 is 1.22 bits per heavy atom. The van der Waals surface area contributed by atoms with E-state index in [-0.39, 0.29) is 30.0 Å². The minimum atomic E-state index is -4.14. The van der Waals surface area contributed by atoms with Crippen LogP contribution in [0.4, 0.5) is 19.0 Å². The van der Waals surface area contributed by atoms with Crippen LogP contribution in [0.1, 0.15) is 6.42 Å². The molecule has 0 aromatic carbocycles. The standard InChI is InChI=1S/C17H25F3N6.HI/c1-21-16(23-14-5-7-24(12-14)13-17(18,19)20)26-10-8-25(9-11-26)15-4-2-3-6-22-15;/h2-4,6,14H,5,7-13H2,1H3,(H,21,23);1H. The summed E-state index contributed by atoms with van der Waals surface area (Å²) in [6.45, 7) is 3.29. The predicted octanol–water partition coefficient (Wildman–Crippen LogP) is 2.03. The average molecular weight is 498 g/mol. The number of likely N-dealkylation sites (tertiary alicyclic amines) is 1. The van der Waals surface area contributed by atoms with Gasteiger partial charge in [0.1, 0.15) is 5.82 Å². The molecule has 27 heavy (non-hydrogen) atoms. The van der Waals surface area contributed by atoms with Gasteiger partial charge in [-0.2, -0.15) is 13.2 Å². The van der Waals surface area contributed by atoms with Gasteiger partial charge in [-0.3, -0.25) is 9.89 Å². The zero-order valence-corrected chi connectivity index (χ0v) is 17.7. The molecule has 0 aliphatic carbocycles. The maximum atomic E-state index is 12.5. The Kier molecular flexibility index (Phi) is 7.95. The number of hydrogen-bond acceptors (Lipinski definition) is 4. The van der Waals surface area contributed by atoms with E-state index in [4.69, 9.17) is 0 Å². The number of piperazine rings is 1. The number of nitrogens with zero attached hydrogens (tertiary/aromatic N) is 5. The van der Waals surface area contributed by atoms with E-state index in [1.165, 1.54) is 4.90 Å². The van der Waals surface area contributed by atoms with Gasteiger partial charge in [0.2, 0.25) is 0 Å². The fraction of sp³-hybridized carbons (Fsp3) is 0.647. The average Bonchev–Trinajstić information content (AvgIpc) is 3.06. The number of guanidine groups is 1. The molecule has 0 saturated carbocycles. The smallest absolute Gasteiger partial charge is 0.353 e. The SMILES string of the molecule is CN=C(NC1CCN(CC(F)(F)F)C1)N1CCN(c2ccccn2)CC1.I. The molecule has 0 bridgehead atoms. The van der Waals surface area contributed by atoms with Gasteiger partial charge in [-0.05, 0) is 18.6 Å². The van der Waals surface area contributed by atoms with E-state index in [1.54, 1.807) is 13.2 Å². The van der Waals surface area contributed by atoms with Crippen LogP contribution < -0.4 is 10.2 Å². The van der Waals surface area contributed by atoms with Gasteiger partial charge in [0, 0.05) is 58.6 Å². The Morgan fingerprint density at radius 3 is 2.56 bits per heavy atom. The summed E-state index contributed by atoms with van der Waals surface area (Å²) in [5, 5.41) is 3.34. The van der Waals surface area contributed by atoms with Gasteiger partial charge in [0.15, 0.2) is 5.96 Å². The summed E-state index contributed by atoms with van der Waals surface area (Å²) >= 11 is 0. The highest BCUT2D eigenvalue weighted by Gasteiger charge is 2.35. The lowest BCUT2D eigenvalue weighted by Gasteiger charge is -2.37. The Labute approximate surface area is 174 Å². The fourth-order valence-corrected chi connectivity index (χ4v) is 3.52. The number of alkyl halides is 3. The summed E-state index contributed by atoms with van der Waals surface area (Å²) in [5.41, 5.74) is 0. The van der Waals surface area contributed by atoms with Crippen LogP contribution in [0.15, 0.2) is 29.4 Å². The van der Waals surface area contributed by atoms with Crippen molar-refractivity contribution in [3.05, 3.63) is 24.4 Å². The Bertz CT molecular complexity index is 604. The highest BCUT2D eigenvalue weighted by molar-refractivity contribution is 14.0. The van der Waals surface area contributed by atoms with Crippen molar-refractivity contribution in [2.45, 2.75) is 18.6 Å². The Hall–Kier alpha value is -1.30. The Balaban J connectivity index is 0.00000261. The van der Waals surface area contributed by atoms with E-state index < -0.39 is 12.7 Å². The van der Waals surface area contributed by atoms with E-state index >= 15 is 0 Å². The summed E-state index contributed by atoms with van der Waals surface area (Å²) < 4.78 is 37.6. The van der Waals surface area contributed by atoms with Crippen LogP contribution in [0.25, 0.3) is 0 Å². The first-order valence-electron chi connectivity index (χ1n) is 8.88. The lowest BCUT2D eigenvalue weighted by atomic mass is 10.2. The number of anilines is 1. The number of aromatic nitrogens is 1. The van der Waals surface area contributed by atoms with Crippen LogP contribution in [0.5, 0.6) is 0 Å². The maximum Gasteiger partial charge on any atom is 0.401 e. The van der Waals surface area contributed by atoms with Gasteiger partial charge in [-0.1, -0.05) is 6.07 Å². The number of nitrogens with one attached hydrogen (secondary N) is 1. The molecule has 0 radical (unpaired) electrons. The van der Waals surface area contributed by atoms with Gasteiger partial charge in [-0.25, -0.2) is 4.98 Å². The monoisotopic (exact) mass is 498 g/mol. The molecular formula is C17H26F3IN6. The Morgan fingerprint density at radius 2 is 1.96 bits per heavy atom. The molecule has 1 atom stereocenters. The fourth-order valence-electron chi connectivity index (χ4n) is 3.52. The van der Waals surface area contributed by atoms with Crippen molar-refractivity contribution in [3.8, 4) is 0 Å². The van der Waals surface area contributed by atoms with Crippen LogP contribution in [-0.4, -0.2) is 85.8 Å². The summed E-state index contributed by atoms with van der Waals surface area (Å²) in [6.07, 6.45) is -1.66. The first-order valence-corrected chi connectivity index (χ1v) is 8.88. The molecule has 2 aliphatic rings. The molecule has 1 N–H and O–H groups in total. The molecule has 1 aromatic heterocycles. The topological polar surface area (TPSA) is 47.0 Å². The molecule has 6 nitrogen and oxygen atoms in total. The number of rotatable bonds is 3. The number of halogens is 4. The predicted molar refractivity (Wildman–Crippen MR) is 111 cm³/mol. The lowest BCUT2D eigenvalue weighted by molar-refractivity contribution is -0.143. The van der Waals surface area contributed by atoms with Crippen molar-refractivity contribution in [1.29, 1.82) is 0 Å². The summed E-state index contributed by atoms with van der Waals surface area (Å²) in [7, 11) is 1.72. The first-order chi connectivity index (χ1) is 12.4. The van der Waals surface area contributed by atoms with Crippen LogP contribution in [0, 0.1) is 0 Å². The van der Waals surface area contributed by atoms with Crippen molar-refractivity contribution in [3.63, 3.8) is 0 Å². The van der Waals surface area contributed by atoms with Crippen molar-refractivity contribution >= 4 is 35.8 Å². The zero-order chi connectivity index (χ0) is 18.6. The highest BCUT2D eigenvalue weighted by atomic mass is 127. The minimum absolute atomic E-state index is 0. The number of aliphatic imine (C=N–C) groups is 1. The van der Waals surface area contributed by atoms with Crippen LogP contribution in [0.3, 0.4) is 0 Å². The van der Waals surface area contributed by atoms with Crippen molar-refractivity contribution in [2.75, 3.05) is 57.8 Å². The lowest BCUT2D eigenvalue weighted by Crippen LogP contribution is -2.54. The van der Waals surface area contributed by atoms with E-state index in [9.17, 15) is 13.2 Å². The summed E-state index contributed by atoms with van der Waals surface area (Å²) in [4.78, 5) is 14.5. The highest BCUT2D eigenvalue weighted by Crippen LogP contribution is 2.20. The molecule has 1 unspecified atom stereocenters. The van der Waals surface area contributed by atoms with Crippen molar-refractivity contribution in [1.82, 2.24) is 20.1 Å². The summed E-state index contributed by atoms with van der Waals surface area (Å²) in [6, 6.07) is 5.87. The molecule has 2 saturated heterocycles. The van der Waals surface area contributed by atoms with Gasteiger partial charge in [0.05, 0.1) is 6.54 Å². The largest absolute Gasteiger partial charge is 0.401 e. The second kappa shape index (κ2) is 9.76. The molecule has 0 spiro atoms. The van der Waals surface area contributed by atoms with Crippen molar-refractivity contribution in [2.24, 2.45) is 4.99 Å².